The molecule has 11 heteroatoms. The maximum atomic E-state index is 13.2. The molecule has 0 radical (unpaired) electrons. The molecule has 0 unspecified atom stereocenters. The molecule has 0 atom stereocenters. The number of hydrogen-bond acceptors (Lipinski definition) is 7. The summed E-state index contributed by atoms with van der Waals surface area (Å²) in [6, 6.07) is 10.7. The van der Waals surface area contributed by atoms with E-state index in [9.17, 15) is 16.8 Å². The van der Waals surface area contributed by atoms with Gasteiger partial charge in [-0.25, -0.2) is 16.8 Å². The lowest BCUT2D eigenvalue weighted by atomic mass is 10.1. The van der Waals surface area contributed by atoms with Gasteiger partial charge in [-0.05, 0) is 61.7 Å². The van der Waals surface area contributed by atoms with Gasteiger partial charge in [0.05, 0.1) is 41.5 Å². The number of hydrogen-bond donors (Lipinski definition) is 1. The first kappa shape index (κ1) is 23.8. The molecule has 0 spiro atoms. The molecule has 9 nitrogen and oxygen atoms in total. The number of anilines is 2. The molecule has 0 bridgehead atoms. The molecule has 0 amide bonds. The molecule has 2 fully saturated rings. The highest BCUT2D eigenvalue weighted by Gasteiger charge is 2.28. The first-order valence-corrected chi connectivity index (χ1v) is 13.9. The minimum absolute atomic E-state index is 0.0533. The highest BCUT2D eigenvalue weighted by atomic mass is 32.2. The molecular weight excluding hydrogens is 466 g/mol. The summed E-state index contributed by atoms with van der Waals surface area (Å²) in [4.78, 5) is 2.22. The first-order valence-electron chi connectivity index (χ1n) is 10.9. The number of piperidine rings is 1. The van der Waals surface area contributed by atoms with E-state index in [1.807, 2.05) is 0 Å². The fraction of sp³-hybridized carbons (Fsp3) is 0.455. The molecule has 2 aromatic carbocycles. The van der Waals surface area contributed by atoms with Gasteiger partial charge in [0.25, 0.3) is 10.0 Å². The van der Waals surface area contributed by atoms with Crippen LogP contribution >= 0.6 is 0 Å². The molecule has 180 valence electrons. The summed E-state index contributed by atoms with van der Waals surface area (Å²) < 4.78 is 67.1. The Labute approximate surface area is 195 Å². The average Bonchev–Trinajstić information content (AvgIpc) is 2.85. The number of benzene rings is 2. The van der Waals surface area contributed by atoms with E-state index in [1.54, 1.807) is 24.3 Å². The zero-order chi connectivity index (χ0) is 23.5. The summed E-state index contributed by atoms with van der Waals surface area (Å²) in [7, 11) is -6.22. The van der Waals surface area contributed by atoms with Crippen LogP contribution in [0.15, 0.2) is 52.3 Å². The third kappa shape index (κ3) is 5.26. The second kappa shape index (κ2) is 9.88. The van der Waals surface area contributed by atoms with E-state index in [1.165, 1.54) is 29.6 Å². The predicted octanol–water partition coefficient (Wildman–Crippen LogP) is 2.51. The van der Waals surface area contributed by atoms with Crippen LogP contribution in [0.1, 0.15) is 19.3 Å². The maximum Gasteiger partial charge on any atom is 0.261 e. The van der Waals surface area contributed by atoms with Gasteiger partial charge < -0.3 is 14.4 Å². The molecule has 2 aliphatic rings. The van der Waals surface area contributed by atoms with Crippen LogP contribution in [0.5, 0.6) is 5.75 Å². The summed E-state index contributed by atoms with van der Waals surface area (Å²) in [5.74, 6) is 0.543. The van der Waals surface area contributed by atoms with Crippen molar-refractivity contribution in [1.82, 2.24) is 4.31 Å². The van der Waals surface area contributed by atoms with Crippen molar-refractivity contribution in [3.05, 3.63) is 42.5 Å². The largest absolute Gasteiger partial charge is 0.497 e. The van der Waals surface area contributed by atoms with Gasteiger partial charge in [0.15, 0.2) is 0 Å². The van der Waals surface area contributed by atoms with Crippen molar-refractivity contribution in [2.24, 2.45) is 0 Å². The number of morpholine rings is 1. The zero-order valence-corrected chi connectivity index (χ0v) is 20.2. The standard InChI is InChI=1S/C22H29N3O6S2/c1-30-18-5-7-19(8-6-18)32(26,27)23-21-17-20(33(28,29)25-13-15-31-16-14-25)9-10-22(21)24-11-3-2-4-12-24/h5-10,17,23H,2-4,11-16H2,1H3. The first-order chi connectivity index (χ1) is 15.8. The van der Waals surface area contributed by atoms with Crippen molar-refractivity contribution in [2.75, 3.05) is 56.1 Å². The zero-order valence-electron chi connectivity index (χ0n) is 18.6. The molecule has 2 aromatic rings. The lowest BCUT2D eigenvalue weighted by Gasteiger charge is -2.31. The van der Waals surface area contributed by atoms with Crippen LogP contribution in [0.3, 0.4) is 0 Å². The van der Waals surface area contributed by atoms with Crippen molar-refractivity contribution >= 4 is 31.4 Å². The number of nitrogens with zero attached hydrogens (tertiary/aromatic N) is 2. The Kier molecular flexibility index (Phi) is 7.13. The van der Waals surface area contributed by atoms with Crippen molar-refractivity contribution in [3.8, 4) is 5.75 Å². The topological polar surface area (TPSA) is 105 Å². The van der Waals surface area contributed by atoms with E-state index < -0.39 is 20.0 Å². The third-order valence-electron chi connectivity index (χ3n) is 5.89. The Morgan fingerprint density at radius 1 is 0.848 bits per heavy atom. The summed E-state index contributed by atoms with van der Waals surface area (Å²) in [6.45, 7) is 2.77. The molecule has 4 rings (SSSR count). The average molecular weight is 496 g/mol. The molecule has 0 aromatic heterocycles. The maximum absolute atomic E-state index is 13.2. The van der Waals surface area contributed by atoms with Crippen LogP contribution in [0.2, 0.25) is 0 Å². The van der Waals surface area contributed by atoms with E-state index in [4.69, 9.17) is 9.47 Å². The Balaban J connectivity index is 1.71. The SMILES string of the molecule is COc1ccc(S(=O)(=O)Nc2cc(S(=O)(=O)N3CCOCC3)ccc2N2CCCCC2)cc1. The summed E-state index contributed by atoms with van der Waals surface area (Å²) in [6.07, 6.45) is 3.11. The van der Waals surface area contributed by atoms with Gasteiger partial charge in [-0.1, -0.05) is 0 Å². The van der Waals surface area contributed by atoms with Gasteiger partial charge in [0.1, 0.15) is 5.75 Å². The Hall–Kier alpha value is -2.34. The molecule has 2 heterocycles. The van der Waals surface area contributed by atoms with Gasteiger partial charge >= 0.3 is 0 Å². The second-order valence-corrected chi connectivity index (χ2v) is 11.6. The Morgan fingerprint density at radius 2 is 1.48 bits per heavy atom. The normalized spacial score (nSPS) is 18.2. The number of methoxy groups -OCH3 is 1. The minimum Gasteiger partial charge on any atom is -0.497 e. The van der Waals surface area contributed by atoms with Crippen molar-refractivity contribution in [1.29, 1.82) is 0 Å². The second-order valence-electron chi connectivity index (χ2n) is 8.02. The lowest BCUT2D eigenvalue weighted by molar-refractivity contribution is 0.0730. The summed E-state index contributed by atoms with van der Waals surface area (Å²) in [5.41, 5.74) is 0.926. The smallest absolute Gasteiger partial charge is 0.261 e. The van der Waals surface area contributed by atoms with Crippen molar-refractivity contribution in [2.45, 2.75) is 29.1 Å². The van der Waals surface area contributed by atoms with Gasteiger partial charge in [0, 0.05) is 26.2 Å². The van der Waals surface area contributed by atoms with Gasteiger partial charge in [-0.15, -0.1) is 0 Å². The lowest BCUT2D eigenvalue weighted by Crippen LogP contribution is -2.40. The fourth-order valence-corrected chi connectivity index (χ4v) is 6.56. The van der Waals surface area contributed by atoms with E-state index in [0.29, 0.717) is 24.7 Å². The Morgan fingerprint density at radius 3 is 2.12 bits per heavy atom. The van der Waals surface area contributed by atoms with E-state index in [2.05, 4.69) is 9.62 Å². The number of nitrogens with one attached hydrogen (secondary N) is 1. The van der Waals surface area contributed by atoms with Gasteiger partial charge in [-0.2, -0.15) is 4.31 Å². The molecule has 0 aliphatic carbocycles. The fourth-order valence-electron chi connectivity index (χ4n) is 4.06. The van der Waals surface area contributed by atoms with Crippen LogP contribution in [0.4, 0.5) is 11.4 Å². The molecule has 0 saturated carbocycles. The predicted molar refractivity (Wildman–Crippen MR) is 126 cm³/mol. The monoisotopic (exact) mass is 495 g/mol. The van der Waals surface area contributed by atoms with Gasteiger partial charge in [0.2, 0.25) is 10.0 Å². The Bertz CT molecular complexity index is 1170. The van der Waals surface area contributed by atoms with Gasteiger partial charge in [-0.3, -0.25) is 4.72 Å². The van der Waals surface area contributed by atoms with Crippen LogP contribution < -0.4 is 14.4 Å². The van der Waals surface area contributed by atoms with Crippen molar-refractivity contribution in [3.63, 3.8) is 0 Å². The number of ether oxygens (including phenoxy) is 2. The summed E-state index contributed by atoms with van der Waals surface area (Å²) in [5, 5.41) is 0. The van der Waals surface area contributed by atoms with Crippen LogP contribution in [0.25, 0.3) is 0 Å². The molecule has 33 heavy (non-hydrogen) atoms. The number of sulfonamides is 2. The third-order valence-corrected chi connectivity index (χ3v) is 9.16. The highest BCUT2D eigenvalue weighted by Crippen LogP contribution is 2.34. The highest BCUT2D eigenvalue weighted by molar-refractivity contribution is 7.92. The van der Waals surface area contributed by atoms with E-state index in [0.717, 1.165) is 32.4 Å². The molecule has 1 N–H and O–H groups in total. The minimum atomic E-state index is -3.95. The number of rotatable bonds is 7. The molecule has 2 saturated heterocycles. The van der Waals surface area contributed by atoms with Crippen LogP contribution in [-0.2, 0) is 24.8 Å². The van der Waals surface area contributed by atoms with Crippen LogP contribution in [0, 0.1) is 0 Å². The van der Waals surface area contributed by atoms with E-state index >= 15 is 0 Å². The van der Waals surface area contributed by atoms with E-state index in [-0.39, 0.29) is 28.6 Å². The molecule has 2 aliphatic heterocycles. The van der Waals surface area contributed by atoms with Crippen LogP contribution in [-0.4, -0.2) is 67.6 Å². The van der Waals surface area contributed by atoms with Crippen molar-refractivity contribution < 1.29 is 26.3 Å². The quantitative estimate of drug-likeness (QED) is 0.629. The molecular formula is C22H29N3O6S2. The summed E-state index contributed by atoms with van der Waals surface area (Å²) >= 11 is 0.